The van der Waals surface area contributed by atoms with Crippen molar-refractivity contribution in [1.29, 1.82) is 0 Å². The Labute approximate surface area is 210 Å². The molecule has 0 heterocycles. The monoisotopic (exact) mass is 493 g/mol. The number of ether oxygens (including phenoxy) is 1. The molecule has 3 amide bonds. The third kappa shape index (κ3) is 9.20. The lowest BCUT2D eigenvalue weighted by molar-refractivity contribution is -0.148. The number of rotatable bonds is 9. The molecule has 1 aromatic carbocycles. The third-order valence-corrected chi connectivity index (χ3v) is 5.51. The summed E-state index contributed by atoms with van der Waals surface area (Å²) in [6.07, 6.45) is 1.05. The van der Waals surface area contributed by atoms with Gasteiger partial charge < -0.3 is 20.3 Å². The smallest absolute Gasteiger partial charge is 0.408 e. The molecule has 0 radical (unpaired) electrons. The first kappa shape index (κ1) is 29.8. The van der Waals surface area contributed by atoms with Crippen LogP contribution in [0.5, 0.6) is 0 Å². The molecule has 0 spiro atoms. The van der Waals surface area contributed by atoms with E-state index in [2.05, 4.69) is 30.2 Å². The van der Waals surface area contributed by atoms with Crippen LogP contribution in [0.3, 0.4) is 0 Å². The van der Waals surface area contributed by atoms with Crippen LogP contribution in [-0.2, 0) is 14.3 Å². The zero-order chi connectivity index (χ0) is 26.3. The fourth-order valence-corrected chi connectivity index (χ4v) is 3.89. The number of benzene rings is 1. The number of nitrogens with zero attached hydrogens (tertiary/aromatic N) is 1. The maximum atomic E-state index is 13.8. The summed E-state index contributed by atoms with van der Waals surface area (Å²) in [4.78, 5) is 41.4. The van der Waals surface area contributed by atoms with Gasteiger partial charge in [-0.2, -0.15) is 12.6 Å². The Balaban J connectivity index is 3.44. The Morgan fingerprint density at radius 2 is 1.59 bits per heavy atom. The molecule has 0 aliphatic rings. The molecule has 0 saturated heterocycles. The Hall–Kier alpha value is -2.22. The van der Waals surface area contributed by atoms with Gasteiger partial charge in [-0.1, -0.05) is 43.2 Å². The molecular weight excluding hydrogens is 450 g/mol. The molecule has 1 aromatic rings. The highest BCUT2D eigenvalue weighted by Gasteiger charge is 2.41. The molecule has 2 N–H and O–H groups in total. The molecule has 192 valence electrons. The minimum Gasteiger partial charge on any atom is -0.444 e. The lowest BCUT2D eigenvalue weighted by Crippen LogP contribution is -2.59. The van der Waals surface area contributed by atoms with Crippen LogP contribution in [0.4, 0.5) is 4.79 Å². The molecule has 3 atom stereocenters. The van der Waals surface area contributed by atoms with E-state index in [0.29, 0.717) is 5.56 Å². The van der Waals surface area contributed by atoms with Crippen LogP contribution < -0.4 is 10.6 Å². The predicted octanol–water partition coefficient (Wildman–Crippen LogP) is 4.79. The van der Waals surface area contributed by atoms with Crippen molar-refractivity contribution in [2.45, 2.75) is 104 Å². The highest BCUT2D eigenvalue weighted by molar-refractivity contribution is 7.80. The lowest BCUT2D eigenvalue weighted by Gasteiger charge is -2.43. The maximum Gasteiger partial charge on any atom is 0.408 e. The highest BCUT2D eigenvalue weighted by atomic mass is 32.1. The van der Waals surface area contributed by atoms with Gasteiger partial charge in [0, 0.05) is 17.3 Å². The predicted molar refractivity (Wildman–Crippen MR) is 140 cm³/mol. The Bertz CT molecular complexity index is 828. The van der Waals surface area contributed by atoms with Gasteiger partial charge in [0.1, 0.15) is 17.7 Å². The number of carbonyl (C=O) groups is 3. The molecule has 0 aromatic heterocycles. The number of alkyl carbamates (subject to hydrolysis) is 1. The van der Waals surface area contributed by atoms with Gasteiger partial charge >= 0.3 is 6.09 Å². The molecule has 0 aliphatic heterocycles. The molecule has 34 heavy (non-hydrogen) atoms. The Morgan fingerprint density at radius 1 is 1.03 bits per heavy atom. The van der Waals surface area contributed by atoms with Crippen molar-refractivity contribution in [3.05, 3.63) is 35.4 Å². The fraction of sp³-hybridized carbons (Fsp3) is 0.654. The van der Waals surface area contributed by atoms with Gasteiger partial charge in [0.15, 0.2) is 0 Å². The van der Waals surface area contributed by atoms with Crippen LogP contribution in [0.25, 0.3) is 0 Å². The van der Waals surface area contributed by atoms with Gasteiger partial charge in [0.05, 0.1) is 0 Å². The summed E-state index contributed by atoms with van der Waals surface area (Å²) in [5.74, 6) is -0.612. The van der Waals surface area contributed by atoms with Crippen LogP contribution in [0.1, 0.15) is 85.4 Å². The first-order valence-corrected chi connectivity index (χ1v) is 12.5. The average molecular weight is 494 g/mol. The number of thiol groups is 1. The van der Waals surface area contributed by atoms with Crippen molar-refractivity contribution < 1.29 is 19.1 Å². The van der Waals surface area contributed by atoms with Crippen LogP contribution in [-0.4, -0.2) is 51.8 Å². The van der Waals surface area contributed by atoms with Gasteiger partial charge in [-0.15, -0.1) is 0 Å². The molecule has 8 heteroatoms. The minimum atomic E-state index is -0.966. The van der Waals surface area contributed by atoms with Crippen molar-refractivity contribution in [3.8, 4) is 0 Å². The maximum absolute atomic E-state index is 13.8. The van der Waals surface area contributed by atoms with Crippen LogP contribution >= 0.6 is 12.6 Å². The highest BCUT2D eigenvalue weighted by Crippen LogP contribution is 2.30. The molecule has 0 fully saturated rings. The zero-order valence-electron chi connectivity index (χ0n) is 22.2. The number of aryl methyl sites for hydroxylation is 1. The summed E-state index contributed by atoms with van der Waals surface area (Å²) in [5, 5.41) is 5.70. The number of nitrogens with one attached hydrogen (secondary N) is 2. The summed E-state index contributed by atoms with van der Waals surface area (Å²) < 4.78 is 5.34. The number of carbonyl (C=O) groups excluding carboxylic acids is 3. The summed E-state index contributed by atoms with van der Waals surface area (Å²) >= 11 is 4.32. The topological polar surface area (TPSA) is 87.7 Å². The molecular formula is C26H43N3O4S. The van der Waals surface area contributed by atoms with Gasteiger partial charge in [0.2, 0.25) is 11.8 Å². The molecule has 0 aliphatic carbocycles. The second-order valence-corrected chi connectivity index (χ2v) is 11.1. The van der Waals surface area contributed by atoms with Gasteiger partial charge in [0.25, 0.3) is 0 Å². The summed E-state index contributed by atoms with van der Waals surface area (Å²) in [6, 6.07) is 5.70. The summed E-state index contributed by atoms with van der Waals surface area (Å²) in [5.41, 5.74) is 0.313. The average Bonchev–Trinajstić information content (AvgIpc) is 2.68. The van der Waals surface area contributed by atoms with Crippen molar-refractivity contribution >= 4 is 30.5 Å². The number of amides is 3. The van der Waals surface area contributed by atoms with E-state index in [1.165, 1.54) is 0 Å². The quantitative estimate of drug-likeness (QED) is 0.432. The summed E-state index contributed by atoms with van der Waals surface area (Å²) in [7, 11) is 0. The van der Waals surface area contributed by atoms with Crippen molar-refractivity contribution in [1.82, 2.24) is 15.5 Å². The molecule has 7 nitrogen and oxygen atoms in total. The second-order valence-electron chi connectivity index (χ2n) is 10.8. The van der Waals surface area contributed by atoms with Crippen molar-refractivity contribution in [3.63, 3.8) is 0 Å². The van der Waals surface area contributed by atoms with E-state index < -0.39 is 35.2 Å². The summed E-state index contributed by atoms with van der Waals surface area (Å²) in [6.45, 7) is 16.9. The third-order valence-electron chi connectivity index (χ3n) is 5.14. The van der Waals surface area contributed by atoms with E-state index in [-0.39, 0.29) is 17.7 Å². The Kier molecular flexibility index (Phi) is 10.9. The minimum absolute atomic E-state index is 0.0390. The molecule has 1 rings (SSSR count). The molecule has 0 saturated carbocycles. The van der Waals surface area contributed by atoms with Crippen molar-refractivity contribution in [2.24, 2.45) is 0 Å². The van der Waals surface area contributed by atoms with E-state index in [1.807, 2.05) is 58.9 Å². The van der Waals surface area contributed by atoms with Crippen LogP contribution in [0, 0.1) is 6.92 Å². The van der Waals surface area contributed by atoms with Crippen LogP contribution in [0.2, 0.25) is 0 Å². The SMILES string of the molecule is CCCC(C)NC(=O)C(c1ccc(C)cc1)N(C(=O)C(CS)NC(=O)OC(C)(C)C)C(C)(C)C. The van der Waals surface area contributed by atoms with Crippen LogP contribution in [0.15, 0.2) is 24.3 Å². The van der Waals surface area contributed by atoms with Crippen molar-refractivity contribution in [2.75, 3.05) is 5.75 Å². The fourth-order valence-electron chi connectivity index (χ4n) is 3.64. The molecule has 0 bridgehead atoms. The first-order valence-electron chi connectivity index (χ1n) is 11.9. The Morgan fingerprint density at radius 3 is 2.03 bits per heavy atom. The second kappa shape index (κ2) is 12.5. The molecule has 3 unspecified atom stereocenters. The standard InChI is InChI=1S/C26H43N3O4S/c1-10-11-18(3)27-22(30)21(19-14-12-17(2)13-15-19)29(25(4,5)6)23(31)20(16-34)28-24(32)33-26(7,8)9/h12-15,18,20-21,34H,10-11,16H2,1-9H3,(H,27,30)(H,28,32). The van der Waals surface area contributed by atoms with Gasteiger partial charge in [-0.25, -0.2) is 4.79 Å². The number of hydrogen-bond acceptors (Lipinski definition) is 5. The van der Waals surface area contributed by atoms with Gasteiger partial charge in [-0.05, 0) is 67.4 Å². The van der Waals surface area contributed by atoms with E-state index in [1.54, 1.807) is 25.7 Å². The normalized spacial score (nSPS) is 14.5. The first-order chi connectivity index (χ1) is 15.6. The van der Waals surface area contributed by atoms with E-state index in [4.69, 9.17) is 4.74 Å². The number of hydrogen-bond donors (Lipinski definition) is 3. The zero-order valence-corrected chi connectivity index (χ0v) is 23.1. The largest absolute Gasteiger partial charge is 0.444 e. The lowest BCUT2D eigenvalue weighted by atomic mass is 9.95. The van der Waals surface area contributed by atoms with Gasteiger partial charge in [-0.3, -0.25) is 9.59 Å². The van der Waals surface area contributed by atoms with E-state index in [9.17, 15) is 14.4 Å². The van der Waals surface area contributed by atoms with E-state index in [0.717, 1.165) is 18.4 Å². The van der Waals surface area contributed by atoms with E-state index >= 15 is 0 Å².